The maximum Gasteiger partial charge on any atom is 0.230 e. The molecule has 27 heavy (non-hydrogen) atoms. The Bertz CT molecular complexity index is 902. The van der Waals surface area contributed by atoms with Gasteiger partial charge in [-0.3, -0.25) is 4.79 Å². The highest BCUT2D eigenvalue weighted by Gasteiger charge is 2.17. The van der Waals surface area contributed by atoms with Crippen LogP contribution in [0.15, 0.2) is 40.9 Å². The van der Waals surface area contributed by atoms with Crippen LogP contribution in [-0.4, -0.2) is 33.0 Å². The lowest BCUT2D eigenvalue weighted by Gasteiger charge is -2.08. The molecule has 1 amide bonds. The molecular weight excluding hydrogens is 376 g/mol. The normalized spacial score (nSPS) is 10.9. The van der Waals surface area contributed by atoms with Gasteiger partial charge in [0.25, 0.3) is 0 Å². The van der Waals surface area contributed by atoms with Crippen LogP contribution in [0.3, 0.4) is 0 Å². The van der Waals surface area contributed by atoms with E-state index in [1.165, 1.54) is 27.8 Å². The topological polar surface area (TPSA) is 59.8 Å². The number of amides is 1. The van der Waals surface area contributed by atoms with Gasteiger partial charge in [-0.1, -0.05) is 42.1 Å². The Morgan fingerprint density at radius 3 is 2.67 bits per heavy atom. The van der Waals surface area contributed by atoms with Crippen molar-refractivity contribution in [1.29, 1.82) is 0 Å². The largest absolute Gasteiger partial charge is 0.355 e. The van der Waals surface area contributed by atoms with Gasteiger partial charge in [-0.15, -0.1) is 21.5 Å². The molecule has 0 aliphatic heterocycles. The number of rotatable bonds is 8. The lowest BCUT2D eigenvalue weighted by Crippen LogP contribution is -2.27. The summed E-state index contributed by atoms with van der Waals surface area (Å²) in [6, 6.07) is 10.2. The maximum absolute atomic E-state index is 12.2. The number of hydrogen-bond acceptors (Lipinski definition) is 5. The molecule has 5 nitrogen and oxygen atoms in total. The van der Waals surface area contributed by atoms with Gasteiger partial charge in [-0.25, -0.2) is 0 Å². The van der Waals surface area contributed by atoms with E-state index in [1.807, 2.05) is 18.2 Å². The first-order chi connectivity index (χ1) is 13.1. The van der Waals surface area contributed by atoms with E-state index in [1.54, 1.807) is 11.3 Å². The van der Waals surface area contributed by atoms with Crippen LogP contribution in [0.4, 0.5) is 0 Å². The van der Waals surface area contributed by atoms with Crippen molar-refractivity contribution in [2.45, 2.75) is 38.9 Å². The van der Waals surface area contributed by atoms with E-state index in [9.17, 15) is 4.79 Å². The molecular formula is C20H24N4OS2. The highest BCUT2D eigenvalue weighted by molar-refractivity contribution is 7.99. The Hall–Kier alpha value is -2.12. The van der Waals surface area contributed by atoms with Gasteiger partial charge in [0.2, 0.25) is 5.91 Å². The van der Waals surface area contributed by atoms with Crippen LogP contribution in [-0.2, 0) is 17.8 Å². The number of nitrogens with one attached hydrogen (secondary N) is 1. The molecule has 0 bridgehead atoms. The summed E-state index contributed by atoms with van der Waals surface area (Å²) in [5.41, 5.74) is 3.60. The zero-order chi connectivity index (χ0) is 19.2. The molecule has 0 aliphatic rings. The van der Waals surface area contributed by atoms with Crippen LogP contribution in [0.25, 0.3) is 11.4 Å². The summed E-state index contributed by atoms with van der Waals surface area (Å²) in [5, 5.41) is 14.6. The Kier molecular flexibility index (Phi) is 6.68. The Morgan fingerprint density at radius 2 is 2.00 bits per heavy atom. The van der Waals surface area contributed by atoms with E-state index in [-0.39, 0.29) is 5.91 Å². The lowest BCUT2D eigenvalue weighted by atomic mass is 10.1. The second-order valence-corrected chi connectivity index (χ2v) is 8.28. The van der Waals surface area contributed by atoms with E-state index >= 15 is 0 Å². The highest BCUT2D eigenvalue weighted by Crippen LogP contribution is 2.31. The van der Waals surface area contributed by atoms with Gasteiger partial charge in [0, 0.05) is 28.9 Å². The average molecular weight is 401 g/mol. The molecule has 0 fully saturated rings. The first kappa shape index (κ1) is 19.6. The zero-order valence-corrected chi connectivity index (χ0v) is 17.5. The van der Waals surface area contributed by atoms with Crippen LogP contribution < -0.4 is 5.32 Å². The van der Waals surface area contributed by atoms with Gasteiger partial charge in [0.1, 0.15) is 0 Å². The predicted molar refractivity (Wildman–Crippen MR) is 112 cm³/mol. The molecule has 0 atom stereocenters. The van der Waals surface area contributed by atoms with Gasteiger partial charge in [0.05, 0.1) is 5.75 Å². The summed E-state index contributed by atoms with van der Waals surface area (Å²) in [6.45, 7) is 7.72. The number of carbonyl (C=O) groups is 1. The van der Waals surface area contributed by atoms with Crippen molar-refractivity contribution in [3.63, 3.8) is 0 Å². The molecule has 2 heterocycles. The van der Waals surface area contributed by atoms with Crippen LogP contribution in [0.2, 0.25) is 0 Å². The second-order valence-electron chi connectivity index (χ2n) is 6.26. The van der Waals surface area contributed by atoms with Crippen molar-refractivity contribution in [1.82, 2.24) is 20.1 Å². The molecule has 0 unspecified atom stereocenters. The lowest BCUT2D eigenvalue weighted by molar-refractivity contribution is -0.118. The fourth-order valence-electron chi connectivity index (χ4n) is 2.79. The molecule has 0 radical (unpaired) electrons. The Balaban J connectivity index is 1.56. The van der Waals surface area contributed by atoms with Crippen LogP contribution in [0.5, 0.6) is 0 Å². The van der Waals surface area contributed by atoms with Crippen molar-refractivity contribution >= 4 is 29.0 Å². The minimum absolute atomic E-state index is 0.0192. The number of nitrogens with zero attached hydrogens (tertiary/aromatic N) is 3. The number of benzene rings is 1. The molecule has 1 N–H and O–H groups in total. The van der Waals surface area contributed by atoms with Crippen molar-refractivity contribution in [2.24, 2.45) is 0 Å². The number of thiophene rings is 1. The highest BCUT2D eigenvalue weighted by atomic mass is 32.2. The monoisotopic (exact) mass is 400 g/mol. The molecule has 0 aliphatic carbocycles. The maximum atomic E-state index is 12.2. The summed E-state index contributed by atoms with van der Waals surface area (Å²) in [5.74, 6) is 1.24. The molecule has 0 saturated carbocycles. The molecule has 0 spiro atoms. The van der Waals surface area contributed by atoms with Gasteiger partial charge < -0.3 is 9.88 Å². The van der Waals surface area contributed by atoms with E-state index in [0.29, 0.717) is 12.3 Å². The quantitative estimate of drug-likeness (QED) is 0.579. The number of aromatic nitrogens is 3. The summed E-state index contributed by atoms with van der Waals surface area (Å²) in [7, 11) is 0. The smallest absolute Gasteiger partial charge is 0.230 e. The first-order valence-corrected chi connectivity index (χ1v) is 10.9. The fourth-order valence-corrected chi connectivity index (χ4v) is 4.48. The van der Waals surface area contributed by atoms with Crippen molar-refractivity contribution in [2.75, 3.05) is 12.3 Å². The standard InChI is InChI=1S/C20H24N4OS2/c1-4-24-19(17-12-26-15(3)14(17)2)22-23-20(24)27-13-18(25)21-11-10-16-8-6-5-7-9-16/h5-9,12H,4,10-11,13H2,1-3H3,(H,21,25). The summed E-state index contributed by atoms with van der Waals surface area (Å²) in [6.07, 6.45) is 0.837. The molecule has 2 aromatic heterocycles. The number of carbonyl (C=O) groups excluding carboxylic acids is 1. The molecule has 0 saturated heterocycles. The minimum Gasteiger partial charge on any atom is -0.355 e. The summed E-state index contributed by atoms with van der Waals surface area (Å²) >= 11 is 3.16. The van der Waals surface area contributed by atoms with Crippen LogP contribution in [0.1, 0.15) is 22.9 Å². The summed E-state index contributed by atoms with van der Waals surface area (Å²) in [4.78, 5) is 13.4. The van der Waals surface area contributed by atoms with Crippen LogP contribution >= 0.6 is 23.1 Å². The second kappa shape index (κ2) is 9.19. The van der Waals surface area contributed by atoms with E-state index in [0.717, 1.165) is 29.5 Å². The third kappa shape index (κ3) is 4.78. The van der Waals surface area contributed by atoms with Gasteiger partial charge in [-0.05, 0) is 38.3 Å². The Morgan fingerprint density at radius 1 is 1.22 bits per heavy atom. The average Bonchev–Trinajstić information content (AvgIpc) is 3.23. The Labute approximate surface area is 168 Å². The fraction of sp³-hybridized carbons (Fsp3) is 0.350. The molecule has 3 aromatic rings. The number of thioether (sulfide) groups is 1. The van der Waals surface area contributed by atoms with E-state index in [2.05, 4.69) is 58.4 Å². The number of aryl methyl sites for hydroxylation is 1. The third-order valence-corrected chi connectivity index (χ3v) is 6.45. The van der Waals surface area contributed by atoms with Gasteiger partial charge in [-0.2, -0.15) is 0 Å². The van der Waals surface area contributed by atoms with E-state index in [4.69, 9.17) is 0 Å². The number of hydrogen-bond donors (Lipinski definition) is 1. The van der Waals surface area contributed by atoms with E-state index < -0.39 is 0 Å². The molecule has 3 rings (SSSR count). The zero-order valence-electron chi connectivity index (χ0n) is 15.9. The summed E-state index contributed by atoms with van der Waals surface area (Å²) < 4.78 is 2.08. The third-order valence-electron chi connectivity index (χ3n) is 4.47. The predicted octanol–water partition coefficient (Wildman–Crippen LogP) is 4.09. The molecule has 1 aromatic carbocycles. The van der Waals surface area contributed by atoms with Gasteiger partial charge >= 0.3 is 0 Å². The first-order valence-electron chi connectivity index (χ1n) is 9.01. The SMILES string of the molecule is CCn1c(SCC(=O)NCCc2ccccc2)nnc1-c1csc(C)c1C. The van der Waals surface area contributed by atoms with Crippen molar-refractivity contribution < 1.29 is 4.79 Å². The molecule has 7 heteroatoms. The molecule has 142 valence electrons. The van der Waals surface area contributed by atoms with Crippen molar-refractivity contribution in [3.05, 3.63) is 51.7 Å². The minimum atomic E-state index is 0.0192. The van der Waals surface area contributed by atoms with Gasteiger partial charge in [0.15, 0.2) is 11.0 Å². The van der Waals surface area contributed by atoms with Crippen molar-refractivity contribution in [3.8, 4) is 11.4 Å². The van der Waals surface area contributed by atoms with Crippen LogP contribution in [0, 0.1) is 13.8 Å².